The first-order valence-electron chi connectivity index (χ1n) is 5.38. The number of nitriles is 1. The number of halogens is 1. The molecule has 0 aliphatic rings. The van der Waals surface area contributed by atoms with Gasteiger partial charge in [-0.1, -0.05) is 0 Å². The van der Waals surface area contributed by atoms with Gasteiger partial charge in [0.05, 0.1) is 16.4 Å². The van der Waals surface area contributed by atoms with Gasteiger partial charge in [0, 0.05) is 14.1 Å². The van der Waals surface area contributed by atoms with Gasteiger partial charge in [-0.25, -0.2) is 0 Å². The molecule has 0 spiro atoms. The van der Waals surface area contributed by atoms with E-state index in [4.69, 9.17) is 5.26 Å². The van der Waals surface area contributed by atoms with Crippen LogP contribution in [0.15, 0.2) is 10.7 Å². The van der Waals surface area contributed by atoms with Crippen LogP contribution in [0.3, 0.4) is 0 Å². The summed E-state index contributed by atoms with van der Waals surface area (Å²) in [6, 6.07) is 1.97. The normalized spacial score (nSPS) is 10.3. The summed E-state index contributed by atoms with van der Waals surface area (Å²) in [6.45, 7) is 1.85. The molecule has 8 heteroatoms. The van der Waals surface area contributed by atoms with Crippen molar-refractivity contribution in [2.45, 2.75) is 6.92 Å². The van der Waals surface area contributed by atoms with Crippen LogP contribution in [0.1, 0.15) is 21.7 Å². The standard InChI is InChI=1S/C11H11BrN6O/c1-6-8(12)9(16-17(6)2)11(19)15-10-7(4-13)5-14-18(10)3/h5H,1-3H3,(H,15,19). The van der Waals surface area contributed by atoms with Crippen LogP contribution in [-0.2, 0) is 14.1 Å². The molecule has 98 valence electrons. The lowest BCUT2D eigenvalue weighted by molar-refractivity contribution is 0.102. The summed E-state index contributed by atoms with van der Waals surface area (Å²) in [5.41, 5.74) is 1.42. The van der Waals surface area contributed by atoms with Gasteiger partial charge >= 0.3 is 0 Å². The number of carbonyl (C=O) groups excluding carboxylic acids is 1. The number of aromatic nitrogens is 4. The van der Waals surface area contributed by atoms with Crippen LogP contribution in [0, 0.1) is 18.3 Å². The predicted molar refractivity (Wildman–Crippen MR) is 71.5 cm³/mol. The van der Waals surface area contributed by atoms with Crippen LogP contribution in [0.2, 0.25) is 0 Å². The molecule has 0 fully saturated rings. The van der Waals surface area contributed by atoms with Crippen LogP contribution >= 0.6 is 15.9 Å². The van der Waals surface area contributed by atoms with Crippen LogP contribution in [0.4, 0.5) is 5.82 Å². The van der Waals surface area contributed by atoms with E-state index >= 15 is 0 Å². The van der Waals surface area contributed by atoms with Crippen LogP contribution in [0.5, 0.6) is 0 Å². The highest BCUT2D eigenvalue weighted by atomic mass is 79.9. The highest BCUT2D eigenvalue weighted by molar-refractivity contribution is 9.10. The number of nitrogens with zero attached hydrogens (tertiary/aromatic N) is 5. The highest BCUT2D eigenvalue weighted by Crippen LogP contribution is 2.21. The van der Waals surface area contributed by atoms with Gasteiger partial charge in [-0.05, 0) is 22.9 Å². The van der Waals surface area contributed by atoms with E-state index in [1.54, 1.807) is 18.8 Å². The fourth-order valence-corrected chi connectivity index (χ4v) is 2.08. The van der Waals surface area contributed by atoms with Crippen molar-refractivity contribution >= 4 is 27.7 Å². The SMILES string of the molecule is Cc1c(Br)c(C(=O)Nc2c(C#N)cnn2C)nn1C. The maximum atomic E-state index is 12.2. The van der Waals surface area contributed by atoms with E-state index in [0.29, 0.717) is 15.9 Å². The molecular formula is C11H11BrN6O. The van der Waals surface area contributed by atoms with Gasteiger partial charge in [0.25, 0.3) is 5.91 Å². The maximum absolute atomic E-state index is 12.2. The van der Waals surface area contributed by atoms with Gasteiger partial charge < -0.3 is 5.32 Å². The van der Waals surface area contributed by atoms with Gasteiger partial charge in [-0.2, -0.15) is 15.5 Å². The minimum atomic E-state index is -0.393. The molecule has 2 rings (SSSR count). The van der Waals surface area contributed by atoms with E-state index in [1.165, 1.54) is 10.9 Å². The Morgan fingerprint density at radius 3 is 2.68 bits per heavy atom. The van der Waals surface area contributed by atoms with Gasteiger partial charge in [0.2, 0.25) is 0 Å². The molecule has 0 atom stereocenters. The highest BCUT2D eigenvalue weighted by Gasteiger charge is 2.20. The summed E-state index contributed by atoms with van der Waals surface area (Å²) in [7, 11) is 3.40. The zero-order valence-corrected chi connectivity index (χ0v) is 12.2. The summed E-state index contributed by atoms with van der Waals surface area (Å²) >= 11 is 3.33. The van der Waals surface area contributed by atoms with E-state index < -0.39 is 5.91 Å². The molecule has 2 aromatic rings. The number of hydrogen-bond acceptors (Lipinski definition) is 4. The largest absolute Gasteiger partial charge is 0.304 e. The van der Waals surface area contributed by atoms with Crippen molar-refractivity contribution in [1.82, 2.24) is 19.6 Å². The minimum absolute atomic E-state index is 0.269. The van der Waals surface area contributed by atoms with E-state index in [0.717, 1.165) is 5.69 Å². The molecule has 0 saturated heterocycles. The average Bonchev–Trinajstić information content (AvgIpc) is 2.85. The molecule has 0 aliphatic carbocycles. The number of nitrogens with one attached hydrogen (secondary N) is 1. The van der Waals surface area contributed by atoms with Crippen molar-refractivity contribution in [1.29, 1.82) is 5.26 Å². The lowest BCUT2D eigenvalue weighted by Gasteiger charge is -2.04. The summed E-state index contributed by atoms with van der Waals surface area (Å²) in [6.07, 6.45) is 1.40. The molecule has 0 aromatic carbocycles. The number of aryl methyl sites for hydroxylation is 2. The van der Waals surface area contributed by atoms with Gasteiger partial charge in [0.15, 0.2) is 5.69 Å². The third-order valence-corrected chi connectivity index (χ3v) is 3.72. The molecule has 1 N–H and O–H groups in total. The minimum Gasteiger partial charge on any atom is -0.304 e. The summed E-state index contributed by atoms with van der Waals surface area (Å²) in [4.78, 5) is 12.2. The Labute approximate surface area is 117 Å². The van der Waals surface area contributed by atoms with Crippen molar-refractivity contribution in [3.05, 3.63) is 27.6 Å². The lowest BCUT2D eigenvalue weighted by atomic mass is 10.3. The molecule has 2 heterocycles. The van der Waals surface area contributed by atoms with Crippen LogP contribution in [-0.4, -0.2) is 25.5 Å². The third kappa shape index (κ3) is 2.24. The fourth-order valence-electron chi connectivity index (χ4n) is 1.56. The van der Waals surface area contributed by atoms with E-state index in [2.05, 4.69) is 31.4 Å². The molecule has 0 radical (unpaired) electrons. The number of carbonyl (C=O) groups is 1. The Balaban J connectivity index is 2.34. The quantitative estimate of drug-likeness (QED) is 0.903. The van der Waals surface area contributed by atoms with E-state index in [1.807, 2.05) is 13.0 Å². The second-order valence-corrected chi connectivity index (χ2v) is 4.76. The molecule has 0 aliphatic heterocycles. The first-order valence-corrected chi connectivity index (χ1v) is 6.17. The van der Waals surface area contributed by atoms with Crippen LogP contribution in [0.25, 0.3) is 0 Å². The Hall–Kier alpha value is -2.14. The summed E-state index contributed by atoms with van der Waals surface area (Å²) in [5, 5.41) is 19.6. The van der Waals surface area contributed by atoms with Gasteiger partial charge in [-0.15, -0.1) is 0 Å². The first-order chi connectivity index (χ1) is 8.95. The number of hydrogen-bond donors (Lipinski definition) is 1. The Morgan fingerprint density at radius 1 is 1.47 bits per heavy atom. The van der Waals surface area contributed by atoms with E-state index in [-0.39, 0.29) is 5.69 Å². The van der Waals surface area contributed by atoms with Crippen molar-refractivity contribution in [2.75, 3.05) is 5.32 Å². The van der Waals surface area contributed by atoms with Crippen molar-refractivity contribution in [2.24, 2.45) is 14.1 Å². The second kappa shape index (κ2) is 4.85. The number of amides is 1. The fraction of sp³-hybridized carbons (Fsp3) is 0.273. The number of rotatable bonds is 2. The Kier molecular flexibility index (Phi) is 3.40. The summed E-state index contributed by atoms with van der Waals surface area (Å²) < 4.78 is 3.67. The molecular weight excluding hydrogens is 312 g/mol. The van der Waals surface area contributed by atoms with Crippen molar-refractivity contribution in [3.8, 4) is 6.07 Å². The monoisotopic (exact) mass is 322 g/mol. The zero-order chi connectivity index (χ0) is 14.2. The van der Waals surface area contributed by atoms with E-state index in [9.17, 15) is 4.79 Å². The average molecular weight is 323 g/mol. The molecule has 0 bridgehead atoms. The van der Waals surface area contributed by atoms with Crippen LogP contribution < -0.4 is 5.32 Å². The molecule has 19 heavy (non-hydrogen) atoms. The molecule has 7 nitrogen and oxygen atoms in total. The second-order valence-electron chi connectivity index (χ2n) is 3.97. The predicted octanol–water partition coefficient (Wildman–Crippen LogP) is 1.35. The number of anilines is 1. The Bertz CT molecular complexity index is 693. The molecule has 1 amide bonds. The molecule has 2 aromatic heterocycles. The zero-order valence-electron chi connectivity index (χ0n) is 10.6. The summed E-state index contributed by atoms with van der Waals surface area (Å²) in [5.74, 6) is -0.0432. The van der Waals surface area contributed by atoms with Crippen molar-refractivity contribution < 1.29 is 4.79 Å². The van der Waals surface area contributed by atoms with Crippen molar-refractivity contribution in [3.63, 3.8) is 0 Å². The first kappa shape index (κ1) is 13.3. The molecule has 0 unspecified atom stereocenters. The Morgan fingerprint density at radius 2 is 2.16 bits per heavy atom. The molecule has 0 saturated carbocycles. The van der Waals surface area contributed by atoms with Gasteiger partial charge in [0.1, 0.15) is 17.5 Å². The smallest absolute Gasteiger partial charge is 0.278 e. The maximum Gasteiger partial charge on any atom is 0.278 e. The topological polar surface area (TPSA) is 88.5 Å². The third-order valence-electron chi connectivity index (χ3n) is 2.77. The van der Waals surface area contributed by atoms with Gasteiger partial charge in [-0.3, -0.25) is 14.2 Å². The lowest BCUT2D eigenvalue weighted by Crippen LogP contribution is -2.16.